The molecule has 0 aromatic heterocycles. The monoisotopic (exact) mass is 889 g/mol. The molecule has 0 saturated carbocycles. The third-order valence-electron chi connectivity index (χ3n) is 8.88. The molecule has 1 heterocycles. The van der Waals surface area contributed by atoms with Crippen LogP contribution in [0.15, 0.2) is 24.3 Å². The number of aliphatic hydroxyl groups is 2. The average Bonchev–Trinajstić information content (AvgIpc) is 3.15. The molecule has 61 heavy (non-hydrogen) atoms. The SMILES string of the molecule is CC(C)(C)OC(=O)NCCOCCOCCOCCOCCNC(=S)Nc1ccc(CC2CN(CC(=O)O)CCN(CC(=O)O)CCN(CC(O)O)CCN2CC(=O)O)cc1. The van der Waals surface area contributed by atoms with Gasteiger partial charge in [-0.3, -0.25) is 34.0 Å². The van der Waals surface area contributed by atoms with E-state index in [1.54, 1.807) is 40.4 Å². The fourth-order valence-electron chi connectivity index (χ4n) is 6.13. The Morgan fingerprint density at radius 2 is 1.16 bits per heavy atom. The van der Waals surface area contributed by atoms with Gasteiger partial charge in [0.2, 0.25) is 0 Å². The van der Waals surface area contributed by atoms with E-state index >= 15 is 0 Å². The van der Waals surface area contributed by atoms with Crippen LogP contribution < -0.4 is 16.0 Å². The summed E-state index contributed by atoms with van der Waals surface area (Å²) in [6, 6.07) is 6.96. The highest BCUT2D eigenvalue weighted by Gasteiger charge is 2.27. The van der Waals surface area contributed by atoms with Crippen LogP contribution in [0.5, 0.6) is 0 Å². The number of carboxylic acid groups (broad SMARTS) is 3. The molecule has 1 aliphatic heterocycles. The zero-order chi connectivity index (χ0) is 45.0. The molecule has 0 bridgehead atoms. The van der Waals surface area contributed by atoms with Gasteiger partial charge in [-0.1, -0.05) is 12.1 Å². The number of carbonyl (C=O) groups is 4. The number of rotatable bonds is 26. The molecule has 1 amide bonds. The highest BCUT2D eigenvalue weighted by Crippen LogP contribution is 2.16. The maximum Gasteiger partial charge on any atom is 0.407 e. The van der Waals surface area contributed by atoms with Crippen molar-refractivity contribution in [1.29, 1.82) is 0 Å². The summed E-state index contributed by atoms with van der Waals surface area (Å²) in [5.74, 6) is -3.17. The molecule has 1 fully saturated rings. The smallest absolute Gasteiger partial charge is 0.407 e. The lowest BCUT2D eigenvalue weighted by Crippen LogP contribution is -2.53. The lowest BCUT2D eigenvalue weighted by Gasteiger charge is -2.38. The van der Waals surface area contributed by atoms with E-state index in [0.29, 0.717) is 89.7 Å². The minimum Gasteiger partial charge on any atom is -0.480 e. The van der Waals surface area contributed by atoms with Crippen molar-refractivity contribution in [3.05, 3.63) is 29.8 Å². The van der Waals surface area contributed by atoms with E-state index in [1.807, 2.05) is 24.3 Å². The van der Waals surface area contributed by atoms with Crippen molar-refractivity contribution >= 4 is 47.0 Å². The Morgan fingerprint density at radius 3 is 1.69 bits per heavy atom. The van der Waals surface area contributed by atoms with Gasteiger partial charge in [0, 0.05) is 77.2 Å². The third kappa shape index (κ3) is 27.7. The number of hydrogen-bond acceptors (Lipinski definition) is 16. The molecule has 1 aromatic carbocycles. The van der Waals surface area contributed by atoms with Crippen LogP contribution in [0.4, 0.5) is 10.5 Å². The zero-order valence-corrected chi connectivity index (χ0v) is 36.4. The first-order valence-electron chi connectivity index (χ1n) is 20.3. The summed E-state index contributed by atoms with van der Waals surface area (Å²) >= 11 is 5.43. The Balaban J connectivity index is 1.79. The van der Waals surface area contributed by atoms with Gasteiger partial charge in [0.05, 0.1) is 72.5 Å². The number of anilines is 1. The summed E-state index contributed by atoms with van der Waals surface area (Å²) in [6.07, 6.45) is -1.76. The number of aliphatic carboxylic acids is 3. The molecule has 2 rings (SSSR count). The molecule has 0 spiro atoms. The Morgan fingerprint density at radius 1 is 0.689 bits per heavy atom. The van der Waals surface area contributed by atoms with Crippen LogP contribution in [0.2, 0.25) is 0 Å². The Hall–Kier alpha value is -3.81. The predicted octanol–water partition coefficient (Wildman–Crippen LogP) is -0.739. The number of carboxylic acids is 3. The van der Waals surface area contributed by atoms with Crippen molar-refractivity contribution in [2.45, 2.75) is 45.1 Å². The lowest BCUT2D eigenvalue weighted by molar-refractivity contribution is -0.141. The fourth-order valence-corrected chi connectivity index (χ4v) is 6.35. The molecular formula is C39H67N7O14S. The second-order valence-electron chi connectivity index (χ2n) is 15.3. The van der Waals surface area contributed by atoms with Gasteiger partial charge in [0.1, 0.15) is 5.60 Å². The highest BCUT2D eigenvalue weighted by atomic mass is 32.1. The molecule has 8 N–H and O–H groups in total. The number of nitrogens with zero attached hydrogens (tertiary/aromatic N) is 4. The van der Waals surface area contributed by atoms with Crippen molar-refractivity contribution in [2.24, 2.45) is 0 Å². The molecule has 1 atom stereocenters. The number of benzene rings is 1. The third-order valence-corrected chi connectivity index (χ3v) is 9.12. The maximum absolute atomic E-state index is 12.0. The normalized spacial score (nSPS) is 16.7. The first kappa shape index (κ1) is 53.3. The van der Waals surface area contributed by atoms with E-state index in [1.165, 1.54) is 0 Å². The van der Waals surface area contributed by atoms with Crippen molar-refractivity contribution in [1.82, 2.24) is 30.2 Å². The van der Waals surface area contributed by atoms with Crippen LogP contribution in [0.1, 0.15) is 26.3 Å². The van der Waals surface area contributed by atoms with Gasteiger partial charge in [-0.25, -0.2) is 4.79 Å². The van der Waals surface area contributed by atoms with Crippen molar-refractivity contribution < 1.29 is 68.4 Å². The van der Waals surface area contributed by atoms with E-state index in [0.717, 1.165) is 5.56 Å². The van der Waals surface area contributed by atoms with E-state index in [2.05, 4.69) is 16.0 Å². The Labute approximate surface area is 363 Å². The number of β-amino-alcohol motifs (C(OH)–C–C–N with tert-alkyl or cyclic N) is 2. The van der Waals surface area contributed by atoms with Gasteiger partial charge in [0.15, 0.2) is 11.4 Å². The fraction of sp³-hybridized carbons (Fsp3) is 0.718. The summed E-state index contributed by atoms with van der Waals surface area (Å²) in [5, 5.41) is 57.7. The lowest BCUT2D eigenvalue weighted by atomic mass is 10.0. The molecule has 1 saturated heterocycles. The molecule has 1 aromatic rings. The van der Waals surface area contributed by atoms with Crippen LogP contribution >= 0.6 is 12.2 Å². The molecular weight excluding hydrogens is 823 g/mol. The first-order chi connectivity index (χ1) is 29.0. The maximum atomic E-state index is 12.0. The van der Waals surface area contributed by atoms with E-state index < -0.39 is 41.9 Å². The second-order valence-corrected chi connectivity index (χ2v) is 15.7. The largest absolute Gasteiger partial charge is 0.480 e. The highest BCUT2D eigenvalue weighted by molar-refractivity contribution is 7.80. The molecule has 21 nitrogen and oxygen atoms in total. The number of thiocarbonyl (C=S) groups is 1. The number of hydrogen-bond donors (Lipinski definition) is 8. The van der Waals surface area contributed by atoms with E-state index in [4.69, 9.17) is 35.9 Å². The van der Waals surface area contributed by atoms with Crippen LogP contribution in [-0.4, -0.2) is 230 Å². The van der Waals surface area contributed by atoms with Crippen LogP contribution in [0.25, 0.3) is 0 Å². The molecule has 0 radical (unpaired) electrons. The van der Waals surface area contributed by atoms with Crippen LogP contribution in [0.3, 0.4) is 0 Å². The van der Waals surface area contributed by atoms with E-state index in [-0.39, 0.29) is 65.4 Å². The van der Waals surface area contributed by atoms with Crippen molar-refractivity contribution in [3.63, 3.8) is 0 Å². The number of alkyl carbamates (subject to hydrolysis) is 1. The predicted molar refractivity (Wildman–Crippen MR) is 228 cm³/mol. The van der Waals surface area contributed by atoms with Crippen molar-refractivity contribution in [3.8, 4) is 0 Å². The van der Waals surface area contributed by atoms with Gasteiger partial charge >= 0.3 is 24.0 Å². The van der Waals surface area contributed by atoms with Gasteiger partial charge in [0.25, 0.3) is 0 Å². The summed E-state index contributed by atoms with van der Waals surface area (Å²) in [7, 11) is 0. The molecule has 22 heteroatoms. The standard InChI is InChI=1S/C39H67N7O14S/c1-39(2,3)60-38(55)41-9-17-57-19-21-59-23-22-58-20-18-56-16-8-40-37(61)42-31-6-4-30(5-7-31)24-32-25-45(28-35(51)52)13-12-43(26-33(47)48)10-11-44(27-34(49)50)14-15-46(32)29-36(53)54/h4-7,32,34,49-50H,8-29H2,1-3H3,(H,41,55)(H,47,48)(H,51,52)(H,53,54)(H2,40,42,61). The number of nitrogens with one attached hydrogen (secondary N) is 3. The van der Waals surface area contributed by atoms with Crippen LogP contribution in [0, 0.1) is 0 Å². The van der Waals surface area contributed by atoms with Crippen molar-refractivity contribution in [2.75, 3.05) is 143 Å². The number of carbonyl (C=O) groups excluding carboxylic acids is 1. The summed E-state index contributed by atoms with van der Waals surface area (Å²) in [5.41, 5.74) is 1.03. The zero-order valence-electron chi connectivity index (χ0n) is 35.6. The topological polar surface area (TPSA) is 265 Å². The average molecular weight is 890 g/mol. The minimum absolute atomic E-state index is 0.110. The second kappa shape index (κ2) is 30.3. The molecule has 1 aliphatic rings. The quantitative estimate of drug-likeness (QED) is 0.0324. The van der Waals surface area contributed by atoms with Gasteiger partial charge in [-0.2, -0.15) is 0 Å². The van der Waals surface area contributed by atoms with Crippen LogP contribution in [-0.2, 0) is 44.5 Å². The summed E-state index contributed by atoms with van der Waals surface area (Å²) in [4.78, 5) is 53.9. The van der Waals surface area contributed by atoms with Gasteiger partial charge < -0.3 is 65.2 Å². The number of amides is 1. The summed E-state index contributed by atoms with van der Waals surface area (Å²) < 4.78 is 27.1. The number of ether oxygens (including phenoxy) is 5. The molecule has 1 unspecified atom stereocenters. The molecule has 348 valence electrons. The molecule has 0 aliphatic carbocycles. The van der Waals surface area contributed by atoms with Gasteiger partial charge in [-0.05, 0) is 57.1 Å². The van der Waals surface area contributed by atoms with E-state index in [9.17, 15) is 44.7 Å². The first-order valence-corrected chi connectivity index (χ1v) is 20.7. The Kier molecular flexibility index (Phi) is 26.5. The summed E-state index contributed by atoms with van der Waals surface area (Å²) in [6.45, 7) is 10.0. The Bertz CT molecular complexity index is 1440. The number of aliphatic hydroxyl groups excluding tert-OH is 1. The minimum atomic E-state index is -1.64. The van der Waals surface area contributed by atoms with Gasteiger partial charge in [-0.15, -0.1) is 0 Å².